The zero-order valence-corrected chi connectivity index (χ0v) is 13.1. The van der Waals surface area contributed by atoms with E-state index >= 15 is 0 Å². The highest BCUT2D eigenvalue weighted by Gasteiger charge is 2.34. The van der Waals surface area contributed by atoms with Crippen LogP contribution in [-0.4, -0.2) is 47.0 Å². The molecule has 1 N–H and O–H groups in total. The maximum atomic E-state index is 12.5. The van der Waals surface area contributed by atoms with Crippen molar-refractivity contribution < 1.29 is 4.79 Å². The van der Waals surface area contributed by atoms with E-state index in [2.05, 4.69) is 15.3 Å². The van der Waals surface area contributed by atoms with Gasteiger partial charge in [-0.1, -0.05) is 0 Å². The third kappa shape index (κ3) is 3.71. The van der Waals surface area contributed by atoms with E-state index in [1.807, 2.05) is 4.90 Å². The summed E-state index contributed by atoms with van der Waals surface area (Å²) < 4.78 is 0. The van der Waals surface area contributed by atoms with Crippen LogP contribution in [0, 0.1) is 5.41 Å². The minimum absolute atomic E-state index is 0. The Kier molecular flexibility index (Phi) is 5.53. The molecule has 5 nitrogen and oxygen atoms in total. The molecule has 1 aromatic rings. The molecule has 0 bridgehead atoms. The molecule has 21 heavy (non-hydrogen) atoms. The van der Waals surface area contributed by atoms with E-state index in [1.165, 1.54) is 25.6 Å². The van der Waals surface area contributed by atoms with Crippen molar-refractivity contribution in [1.82, 2.24) is 20.2 Å². The van der Waals surface area contributed by atoms with E-state index in [1.54, 1.807) is 12.4 Å². The van der Waals surface area contributed by atoms with E-state index in [9.17, 15) is 4.79 Å². The summed E-state index contributed by atoms with van der Waals surface area (Å²) in [6, 6.07) is 0. The van der Waals surface area contributed by atoms with Gasteiger partial charge in [-0.3, -0.25) is 4.79 Å². The highest BCUT2D eigenvalue weighted by atomic mass is 35.5. The van der Waals surface area contributed by atoms with Crippen LogP contribution in [0.25, 0.3) is 0 Å². The molecule has 1 spiro atoms. The Morgan fingerprint density at radius 1 is 1.10 bits per heavy atom. The fraction of sp³-hybridized carbons (Fsp3) is 0.667. The lowest BCUT2D eigenvalue weighted by Crippen LogP contribution is -2.38. The Balaban J connectivity index is 0.00000161. The third-order valence-corrected chi connectivity index (χ3v) is 4.81. The normalized spacial score (nSPS) is 21.4. The Bertz CT molecular complexity index is 462. The lowest BCUT2D eigenvalue weighted by molar-refractivity contribution is 0.0749. The van der Waals surface area contributed by atoms with Crippen molar-refractivity contribution >= 4 is 18.3 Å². The molecule has 0 radical (unpaired) electrons. The number of carbonyl (C=O) groups excluding carboxylic acids is 1. The summed E-state index contributed by atoms with van der Waals surface area (Å²) in [5.41, 5.74) is 1.07. The molecule has 0 aromatic carbocycles. The van der Waals surface area contributed by atoms with E-state index in [-0.39, 0.29) is 18.3 Å². The van der Waals surface area contributed by atoms with Crippen LogP contribution in [0.1, 0.15) is 42.5 Å². The number of aromatic nitrogens is 2. The average Bonchev–Trinajstić information content (AvgIpc) is 2.71. The van der Waals surface area contributed by atoms with Crippen molar-refractivity contribution in [2.45, 2.75) is 32.1 Å². The first-order valence-electron chi connectivity index (χ1n) is 7.54. The van der Waals surface area contributed by atoms with Crippen molar-refractivity contribution in [2.24, 2.45) is 5.41 Å². The quantitative estimate of drug-likeness (QED) is 0.860. The number of amides is 1. The molecule has 3 heterocycles. The monoisotopic (exact) mass is 310 g/mol. The van der Waals surface area contributed by atoms with Crippen LogP contribution in [0.15, 0.2) is 18.7 Å². The second-order valence-corrected chi connectivity index (χ2v) is 6.02. The number of piperidine rings is 1. The van der Waals surface area contributed by atoms with Gasteiger partial charge in [0.2, 0.25) is 0 Å². The maximum Gasteiger partial charge on any atom is 0.256 e. The number of hydrogen-bond acceptors (Lipinski definition) is 4. The molecule has 2 aliphatic heterocycles. The predicted molar refractivity (Wildman–Crippen MR) is 83.6 cm³/mol. The zero-order valence-electron chi connectivity index (χ0n) is 12.3. The van der Waals surface area contributed by atoms with E-state index in [4.69, 9.17) is 0 Å². The minimum Gasteiger partial charge on any atom is -0.339 e. The molecule has 116 valence electrons. The molecule has 1 amide bonds. The Hall–Kier alpha value is -1.20. The number of rotatable bonds is 1. The summed E-state index contributed by atoms with van der Waals surface area (Å²) >= 11 is 0. The van der Waals surface area contributed by atoms with Gasteiger partial charge in [0.15, 0.2) is 0 Å². The summed E-state index contributed by atoms with van der Waals surface area (Å²) in [4.78, 5) is 22.3. The number of carbonyl (C=O) groups is 1. The first-order valence-corrected chi connectivity index (χ1v) is 7.54. The molecule has 0 aliphatic carbocycles. The van der Waals surface area contributed by atoms with Crippen LogP contribution in [0.5, 0.6) is 0 Å². The van der Waals surface area contributed by atoms with Crippen LogP contribution in [0.2, 0.25) is 0 Å². The Morgan fingerprint density at radius 3 is 2.52 bits per heavy atom. The predicted octanol–water partition coefficient (Wildman–Crippen LogP) is 1.89. The van der Waals surface area contributed by atoms with E-state index in [0.29, 0.717) is 11.0 Å². The fourth-order valence-electron chi connectivity index (χ4n) is 3.51. The third-order valence-electron chi connectivity index (χ3n) is 4.81. The van der Waals surface area contributed by atoms with Crippen molar-refractivity contribution in [3.05, 3.63) is 24.3 Å². The fourth-order valence-corrected chi connectivity index (χ4v) is 3.51. The van der Waals surface area contributed by atoms with Gasteiger partial charge in [-0.2, -0.15) is 0 Å². The molecule has 6 heteroatoms. The smallest absolute Gasteiger partial charge is 0.256 e. The minimum atomic E-state index is 0. The van der Waals surface area contributed by atoms with Crippen LogP contribution in [0.4, 0.5) is 0 Å². The number of halogens is 1. The van der Waals surface area contributed by atoms with Crippen LogP contribution >= 0.6 is 12.4 Å². The van der Waals surface area contributed by atoms with Crippen molar-refractivity contribution in [3.8, 4) is 0 Å². The first-order chi connectivity index (χ1) is 9.79. The average molecular weight is 311 g/mol. The second-order valence-electron chi connectivity index (χ2n) is 6.02. The van der Waals surface area contributed by atoms with Crippen molar-refractivity contribution in [2.75, 3.05) is 26.2 Å². The second kappa shape index (κ2) is 7.18. The molecule has 2 saturated heterocycles. The van der Waals surface area contributed by atoms with Crippen molar-refractivity contribution in [3.63, 3.8) is 0 Å². The highest BCUT2D eigenvalue weighted by molar-refractivity contribution is 5.93. The van der Waals surface area contributed by atoms with Gasteiger partial charge in [0.05, 0.1) is 5.56 Å². The number of nitrogens with zero attached hydrogens (tertiary/aromatic N) is 3. The topological polar surface area (TPSA) is 58.1 Å². The van der Waals surface area contributed by atoms with Crippen LogP contribution < -0.4 is 5.32 Å². The van der Waals surface area contributed by atoms with Crippen molar-refractivity contribution in [1.29, 1.82) is 0 Å². The maximum absolute atomic E-state index is 12.5. The number of likely N-dealkylation sites (tertiary alicyclic amines) is 1. The molecular formula is C15H23ClN4O. The molecule has 0 unspecified atom stereocenters. The Labute approximate surface area is 131 Å². The SMILES string of the molecule is Cl.O=C(c1cncnc1)N1CCCC2(CCNCC2)CC1. The molecule has 0 atom stereocenters. The van der Waals surface area contributed by atoms with Gasteiger partial charge in [-0.05, 0) is 50.6 Å². The van der Waals surface area contributed by atoms with E-state index < -0.39 is 0 Å². The van der Waals surface area contributed by atoms with Gasteiger partial charge < -0.3 is 10.2 Å². The summed E-state index contributed by atoms with van der Waals surface area (Å²) in [5.74, 6) is 0.0802. The van der Waals surface area contributed by atoms with E-state index in [0.717, 1.165) is 39.0 Å². The zero-order chi connectivity index (χ0) is 13.8. The molecular weight excluding hydrogens is 288 g/mol. The summed E-state index contributed by atoms with van der Waals surface area (Å²) in [7, 11) is 0. The lowest BCUT2D eigenvalue weighted by atomic mass is 9.73. The van der Waals surface area contributed by atoms with Crippen LogP contribution in [0.3, 0.4) is 0 Å². The Morgan fingerprint density at radius 2 is 1.81 bits per heavy atom. The van der Waals surface area contributed by atoms with Gasteiger partial charge in [0.25, 0.3) is 5.91 Å². The van der Waals surface area contributed by atoms with Gasteiger partial charge in [0, 0.05) is 25.5 Å². The number of hydrogen-bond donors (Lipinski definition) is 1. The van der Waals surface area contributed by atoms with Gasteiger partial charge >= 0.3 is 0 Å². The first kappa shape index (κ1) is 16.2. The molecule has 3 rings (SSSR count). The molecule has 2 aliphatic rings. The summed E-state index contributed by atoms with van der Waals surface area (Å²) in [5, 5.41) is 3.44. The summed E-state index contributed by atoms with van der Waals surface area (Å²) in [6.07, 6.45) is 10.7. The molecule has 0 saturated carbocycles. The van der Waals surface area contributed by atoms with Gasteiger partial charge in [-0.25, -0.2) is 9.97 Å². The molecule has 2 fully saturated rings. The van der Waals surface area contributed by atoms with Crippen LogP contribution in [-0.2, 0) is 0 Å². The van der Waals surface area contributed by atoms with Gasteiger partial charge in [-0.15, -0.1) is 12.4 Å². The lowest BCUT2D eigenvalue weighted by Gasteiger charge is -2.37. The number of nitrogens with one attached hydrogen (secondary N) is 1. The standard InChI is InChI=1S/C15H22N4O.ClH/c20-14(13-10-17-12-18-11-13)19-8-1-2-15(5-9-19)3-6-16-7-4-15;/h10-12,16H,1-9H2;1H. The summed E-state index contributed by atoms with van der Waals surface area (Å²) in [6.45, 7) is 3.98. The highest BCUT2D eigenvalue weighted by Crippen LogP contribution is 2.39. The van der Waals surface area contributed by atoms with Gasteiger partial charge in [0.1, 0.15) is 6.33 Å². The molecule has 1 aromatic heterocycles. The largest absolute Gasteiger partial charge is 0.339 e.